The molecule has 2 rings (SSSR count). The van der Waals surface area contributed by atoms with Gasteiger partial charge in [-0.05, 0) is 25.0 Å². The number of hydrogen-bond donors (Lipinski definition) is 1. The number of rotatable bonds is 2. The minimum atomic E-state index is -0.0218. The highest BCUT2D eigenvalue weighted by Crippen LogP contribution is 2.26. The van der Waals surface area contributed by atoms with Crippen LogP contribution < -0.4 is 4.90 Å². The second kappa shape index (κ2) is 4.85. The van der Waals surface area contributed by atoms with Crippen molar-refractivity contribution >= 4 is 17.4 Å². The Hall–Kier alpha value is -1.06. The molecule has 1 aromatic heterocycles. The number of aliphatic hydroxyl groups excluding tert-OH is 1. The van der Waals surface area contributed by atoms with Crippen LogP contribution in [0.1, 0.15) is 18.9 Å². The third kappa shape index (κ3) is 2.36. The average molecular weight is 239 g/mol. The van der Waals surface area contributed by atoms with E-state index < -0.39 is 0 Å². The maximum absolute atomic E-state index is 8.98. The fourth-order valence-corrected chi connectivity index (χ4v) is 2.06. The van der Waals surface area contributed by atoms with Crippen molar-refractivity contribution < 1.29 is 5.11 Å². The van der Waals surface area contributed by atoms with Crippen molar-refractivity contribution in [3.63, 3.8) is 0 Å². The Morgan fingerprint density at radius 2 is 2.38 bits per heavy atom. The Morgan fingerprint density at radius 1 is 1.56 bits per heavy atom. The maximum Gasteiger partial charge on any atom is 0.147 e. The molecule has 0 aliphatic carbocycles. The van der Waals surface area contributed by atoms with Crippen LogP contribution in [-0.4, -0.2) is 23.2 Å². The van der Waals surface area contributed by atoms with Crippen LogP contribution in [0.5, 0.6) is 0 Å². The highest BCUT2D eigenvalue weighted by molar-refractivity contribution is 6.33. The molecule has 16 heavy (non-hydrogen) atoms. The van der Waals surface area contributed by atoms with Crippen molar-refractivity contribution in [2.45, 2.75) is 20.0 Å². The SMILES string of the molecule is CC1=CCN(c2ncc(CO)cc2Cl)CC1. The molecule has 2 heterocycles. The van der Waals surface area contributed by atoms with Crippen molar-refractivity contribution in [1.29, 1.82) is 0 Å². The molecule has 1 N–H and O–H groups in total. The van der Waals surface area contributed by atoms with Crippen molar-refractivity contribution in [2.75, 3.05) is 18.0 Å². The van der Waals surface area contributed by atoms with Crippen LogP contribution in [0.25, 0.3) is 0 Å². The van der Waals surface area contributed by atoms with Crippen LogP contribution >= 0.6 is 11.6 Å². The summed E-state index contributed by atoms with van der Waals surface area (Å²) in [5, 5.41) is 9.59. The van der Waals surface area contributed by atoms with Crippen molar-refractivity contribution in [3.05, 3.63) is 34.5 Å². The topological polar surface area (TPSA) is 36.4 Å². The first-order chi connectivity index (χ1) is 7.70. The van der Waals surface area contributed by atoms with E-state index in [1.807, 2.05) is 0 Å². The van der Waals surface area contributed by atoms with Gasteiger partial charge in [-0.1, -0.05) is 23.3 Å². The number of aromatic nitrogens is 1. The van der Waals surface area contributed by atoms with E-state index in [1.54, 1.807) is 12.3 Å². The lowest BCUT2D eigenvalue weighted by molar-refractivity contribution is 0.281. The highest BCUT2D eigenvalue weighted by atomic mass is 35.5. The molecule has 0 saturated carbocycles. The van der Waals surface area contributed by atoms with Crippen LogP contribution in [0.3, 0.4) is 0 Å². The Labute approximate surface area is 100 Å². The zero-order valence-corrected chi connectivity index (χ0v) is 10.0. The normalized spacial score (nSPS) is 16.2. The van der Waals surface area contributed by atoms with Gasteiger partial charge in [0.05, 0.1) is 11.6 Å². The molecule has 0 bridgehead atoms. The summed E-state index contributed by atoms with van der Waals surface area (Å²) in [5.74, 6) is 0.808. The molecule has 86 valence electrons. The summed E-state index contributed by atoms with van der Waals surface area (Å²) in [6.07, 6.45) is 4.92. The molecule has 0 amide bonds. The number of halogens is 1. The Morgan fingerprint density at radius 3 is 2.94 bits per heavy atom. The van der Waals surface area contributed by atoms with Gasteiger partial charge in [-0.2, -0.15) is 0 Å². The van der Waals surface area contributed by atoms with Gasteiger partial charge in [0.25, 0.3) is 0 Å². The van der Waals surface area contributed by atoms with Crippen LogP contribution in [-0.2, 0) is 6.61 Å². The summed E-state index contributed by atoms with van der Waals surface area (Å²) in [7, 11) is 0. The first kappa shape index (κ1) is 11.4. The number of aliphatic hydroxyl groups is 1. The van der Waals surface area contributed by atoms with Crippen LogP contribution in [0.15, 0.2) is 23.9 Å². The third-order valence-corrected chi connectivity index (χ3v) is 3.07. The average Bonchev–Trinajstić information content (AvgIpc) is 2.30. The largest absolute Gasteiger partial charge is 0.392 e. The number of pyridine rings is 1. The summed E-state index contributed by atoms with van der Waals surface area (Å²) in [6.45, 7) is 3.93. The van der Waals surface area contributed by atoms with E-state index in [2.05, 4.69) is 22.9 Å². The van der Waals surface area contributed by atoms with Crippen molar-refractivity contribution in [2.24, 2.45) is 0 Å². The molecule has 0 unspecified atom stereocenters. The lowest BCUT2D eigenvalue weighted by atomic mass is 10.1. The van der Waals surface area contributed by atoms with E-state index in [0.717, 1.165) is 30.9 Å². The Kier molecular flexibility index (Phi) is 3.46. The quantitative estimate of drug-likeness (QED) is 0.804. The predicted molar refractivity (Wildman–Crippen MR) is 65.8 cm³/mol. The summed E-state index contributed by atoms with van der Waals surface area (Å²) < 4.78 is 0. The second-order valence-corrected chi connectivity index (χ2v) is 4.46. The molecule has 3 nitrogen and oxygen atoms in total. The molecular formula is C12H15ClN2O. The third-order valence-electron chi connectivity index (χ3n) is 2.80. The van der Waals surface area contributed by atoms with Gasteiger partial charge in [-0.3, -0.25) is 0 Å². The minimum absolute atomic E-state index is 0.0218. The second-order valence-electron chi connectivity index (χ2n) is 4.05. The monoisotopic (exact) mass is 238 g/mol. The molecule has 4 heteroatoms. The van der Waals surface area contributed by atoms with Gasteiger partial charge < -0.3 is 10.0 Å². The molecule has 1 aliphatic rings. The number of hydrogen-bond acceptors (Lipinski definition) is 3. The minimum Gasteiger partial charge on any atom is -0.392 e. The molecular weight excluding hydrogens is 224 g/mol. The molecule has 0 spiro atoms. The maximum atomic E-state index is 8.98. The first-order valence-electron chi connectivity index (χ1n) is 5.36. The van der Waals surface area contributed by atoms with Gasteiger partial charge in [0.2, 0.25) is 0 Å². The number of nitrogens with zero attached hydrogens (tertiary/aromatic N) is 2. The Bertz CT molecular complexity index is 417. The van der Waals surface area contributed by atoms with E-state index in [1.165, 1.54) is 5.57 Å². The first-order valence-corrected chi connectivity index (χ1v) is 5.74. The summed E-state index contributed by atoms with van der Waals surface area (Å²) >= 11 is 6.14. The predicted octanol–water partition coefficient (Wildman–Crippen LogP) is 2.38. The fraction of sp³-hybridized carbons (Fsp3) is 0.417. The van der Waals surface area contributed by atoms with E-state index in [4.69, 9.17) is 16.7 Å². The van der Waals surface area contributed by atoms with Gasteiger partial charge in [0, 0.05) is 19.3 Å². The molecule has 0 radical (unpaired) electrons. The number of anilines is 1. The van der Waals surface area contributed by atoms with Crippen LogP contribution in [0.2, 0.25) is 5.02 Å². The van der Waals surface area contributed by atoms with Gasteiger partial charge in [-0.25, -0.2) is 4.98 Å². The lowest BCUT2D eigenvalue weighted by Crippen LogP contribution is -2.29. The van der Waals surface area contributed by atoms with Gasteiger partial charge >= 0.3 is 0 Å². The molecule has 0 atom stereocenters. The van der Waals surface area contributed by atoms with E-state index in [-0.39, 0.29) is 6.61 Å². The van der Waals surface area contributed by atoms with Crippen molar-refractivity contribution in [1.82, 2.24) is 4.98 Å². The zero-order chi connectivity index (χ0) is 11.5. The van der Waals surface area contributed by atoms with Gasteiger partial charge in [0.15, 0.2) is 0 Å². The molecule has 1 aromatic rings. The molecule has 0 saturated heterocycles. The highest BCUT2D eigenvalue weighted by Gasteiger charge is 2.14. The van der Waals surface area contributed by atoms with Gasteiger partial charge in [0.1, 0.15) is 5.82 Å². The summed E-state index contributed by atoms with van der Waals surface area (Å²) in [6, 6.07) is 1.77. The van der Waals surface area contributed by atoms with Crippen LogP contribution in [0.4, 0.5) is 5.82 Å². The molecule has 1 aliphatic heterocycles. The molecule has 0 aromatic carbocycles. The van der Waals surface area contributed by atoms with E-state index in [0.29, 0.717) is 5.02 Å². The fourth-order valence-electron chi connectivity index (χ4n) is 1.75. The van der Waals surface area contributed by atoms with E-state index >= 15 is 0 Å². The molecule has 0 fully saturated rings. The zero-order valence-electron chi connectivity index (χ0n) is 9.28. The van der Waals surface area contributed by atoms with Crippen molar-refractivity contribution in [3.8, 4) is 0 Å². The standard InChI is InChI=1S/C12H15ClN2O/c1-9-2-4-15(5-3-9)12-11(13)6-10(8-16)7-14-12/h2,6-7,16H,3-5,8H2,1H3. The van der Waals surface area contributed by atoms with Gasteiger partial charge in [-0.15, -0.1) is 0 Å². The van der Waals surface area contributed by atoms with Crippen LogP contribution in [0, 0.1) is 0 Å². The van der Waals surface area contributed by atoms with E-state index in [9.17, 15) is 0 Å². The Balaban J connectivity index is 2.21. The summed E-state index contributed by atoms with van der Waals surface area (Å²) in [4.78, 5) is 6.45. The smallest absolute Gasteiger partial charge is 0.147 e. The lowest BCUT2D eigenvalue weighted by Gasteiger charge is -2.27. The summed E-state index contributed by atoms with van der Waals surface area (Å²) in [5.41, 5.74) is 2.16.